The number of aromatic nitrogens is 1. The quantitative estimate of drug-likeness (QED) is 0.709. The predicted molar refractivity (Wildman–Crippen MR) is 107 cm³/mol. The third-order valence-electron chi connectivity index (χ3n) is 7.10. The summed E-state index contributed by atoms with van der Waals surface area (Å²) in [6.07, 6.45) is 4.30. The largest absolute Gasteiger partial charge is 0.381 e. The maximum atomic E-state index is 13.1. The number of hydrogen-bond acceptors (Lipinski definition) is 6. The minimum atomic E-state index is -0.550. The third-order valence-corrected chi connectivity index (χ3v) is 7.10. The molecule has 2 aliphatic rings. The predicted octanol–water partition coefficient (Wildman–Crippen LogP) is 3.38. The van der Waals surface area contributed by atoms with Crippen molar-refractivity contribution in [1.82, 2.24) is 10.1 Å². The maximum Gasteiger partial charge on any atom is 0.160 e. The fourth-order valence-corrected chi connectivity index (χ4v) is 4.43. The van der Waals surface area contributed by atoms with Crippen molar-refractivity contribution in [1.29, 1.82) is 0 Å². The fourth-order valence-electron chi connectivity index (χ4n) is 4.43. The third kappa shape index (κ3) is 4.50. The monoisotopic (exact) mass is 392 g/mol. The summed E-state index contributed by atoms with van der Waals surface area (Å²) in [5, 5.41) is 4.33. The highest BCUT2D eigenvalue weighted by molar-refractivity contribution is 5.89. The van der Waals surface area contributed by atoms with Crippen LogP contribution < -0.4 is 0 Å². The normalized spacial score (nSPS) is 20.6. The van der Waals surface area contributed by atoms with Crippen LogP contribution in [-0.2, 0) is 26.1 Å². The van der Waals surface area contributed by atoms with E-state index in [-0.39, 0.29) is 17.6 Å². The highest BCUT2D eigenvalue weighted by atomic mass is 16.5. The van der Waals surface area contributed by atoms with Crippen LogP contribution in [0.1, 0.15) is 64.8 Å². The highest BCUT2D eigenvalue weighted by Crippen LogP contribution is 2.37. The number of ketones is 1. The summed E-state index contributed by atoms with van der Waals surface area (Å²) in [6, 6.07) is 2.36. The van der Waals surface area contributed by atoms with E-state index >= 15 is 0 Å². The van der Waals surface area contributed by atoms with Gasteiger partial charge < -0.3 is 14.0 Å². The molecule has 0 N–H and O–H groups in total. The van der Waals surface area contributed by atoms with Crippen LogP contribution >= 0.6 is 0 Å². The zero-order valence-electron chi connectivity index (χ0n) is 18.1. The summed E-state index contributed by atoms with van der Waals surface area (Å²) in [6.45, 7) is 11.6. The molecule has 3 heterocycles. The van der Waals surface area contributed by atoms with Gasteiger partial charge in [0.2, 0.25) is 0 Å². The molecule has 28 heavy (non-hydrogen) atoms. The number of nitrogens with zero attached hydrogens (tertiary/aromatic N) is 2. The zero-order chi connectivity index (χ0) is 20.4. The molecule has 158 valence electrons. The zero-order valence-corrected chi connectivity index (χ0v) is 18.1. The summed E-state index contributed by atoms with van der Waals surface area (Å²) in [4.78, 5) is 15.3. The first-order valence-corrected chi connectivity index (χ1v) is 10.6. The van der Waals surface area contributed by atoms with Crippen molar-refractivity contribution < 1.29 is 18.8 Å². The van der Waals surface area contributed by atoms with Gasteiger partial charge in [-0.1, -0.05) is 19.0 Å². The van der Waals surface area contributed by atoms with Gasteiger partial charge in [-0.2, -0.15) is 0 Å². The minimum Gasteiger partial charge on any atom is -0.381 e. The van der Waals surface area contributed by atoms with Gasteiger partial charge in [0.25, 0.3) is 0 Å². The first kappa shape index (κ1) is 21.5. The van der Waals surface area contributed by atoms with E-state index in [1.807, 2.05) is 27.0 Å². The van der Waals surface area contributed by atoms with E-state index in [4.69, 9.17) is 14.0 Å². The fraction of sp³-hybridized carbons (Fsp3) is 0.818. The summed E-state index contributed by atoms with van der Waals surface area (Å²) in [5.41, 5.74) is 0.312. The van der Waals surface area contributed by atoms with Gasteiger partial charge in [0.15, 0.2) is 5.78 Å². The summed E-state index contributed by atoms with van der Waals surface area (Å²) in [7, 11) is 2.05. The summed E-state index contributed by atoms with van der Waals surface area (Å²) < 4.78 is 16.6. The van der Waals surface area contributed by atoms with Crippen molar-refractivity contribution in [2.45, 2.75) is 76.8 Å². The molecule has 3 rings (SSSR count). The highest BCUT2D eigenvalue weighted by Gasteiger charge is 2.38. The number of Topliss-reactive ketones (excluding diaryl/α,β-unsaturated/α-hetero) is 1. The van der Waals surface area contributed by atoms with Gasteiger partial charge in [0, 0.05) is 44.0 Å². The molecule has 0 amide bonds. The average molecular weight is 393 g/mol. The molecule has 0 unspecified atom stereocenters. The smallest absolute Gasteiger partial charge is 0.160 e. The Labute approximate surface area is 168 Å². The number of hydrogen-bond donors (Lipinski definition) is 0. The molecule has 6 nitrogen and oxygen atoms in total. The van der Waals surface area contributed by atoms with Crippen LogP contribution in [0.2, 0.25) is 0 Å². The van der Waals surface area contributed by atoms with Crippen molar-refractivity contribution in [3.63, 3.8) is 0 Å². The molecule has 0 radical (unpaired) electrons. The molecule has 1 aromatic heterocycles. The Morgan fingerprint density at radius 3 is 2.25 bits per heavy atom. The molecule has 2 fully saturated rings. The van der Waals surface area contributed by atoms with E-state index in [0.29, 0.717) is 17.7 Å². The van der Waals surface area contributed by atoms with E-state index in [2.05, 4.69) is 23.9 Å². The number of likely N-dealkylation sites (N-methyl/N-ethyl adjacent to an activating group) is 1. The molecular formula is C22H36N2O4. The molecular weight excluding hydrogens is 356 g/mol. The van der Waals surface area contributed by atoms with E-state index < -0.39 is 5.54 Å². The lowest BCUT2D eigenvalue weighted by atomic mass is 9.72. The first-order valence-electron chi connectivity index (χ1n) is 10.6. The number of rotatable bonds is 7. The molecule has 0 saturated carbocycles. The minimum absolute atomic E-state index is 0.0804. The van der Waals surface area contributed by atoms with Gasteiger partial charge in [-0.05, 0) is 52.5 Å². The number of ether oxygens (including phenoxy) is 2. The van der Waals surface area contributed by atoms with Gasteiger partial charge in [0.1, 0.15) is 5.76 Å². The second-order valence-electron chi connectivity index (χ2n) is 9.40. The summed E-state index contributed by atoms with van der Waals surface area (Å²) >= 11 is 0. The molecule has 2 aliphatic heterocycles. The lowest BCUT2D eigenvalue weighted by Crippen LogP contribution is -2.54. The SMILES string of the molecule is CN(C1CCOCC1)C(C)(C)C(=O)Cc1cc(C(C)(C)C2CCOCC2)no1. The van der Waals surface area contributed by atoms with Crippen molar-refractivity contribution in [2.75, 3.05) is 33.5 Å². The van der Waals surface area contributed by atoms with Crippen molar-refractivity contribution in [3.8, 4) is 0 Å². The average Bonchev–Trinajstić information content (AvgIpc) is 3.18. The van der Waals surface area contributed by atoms with Gasteiger partial charge in [-0.15, -0.1) is 0 Å². The van der Waals surface area contributed by atoms with E-state index in [9.17, 15) is 4.79 Å². The Kier molecular flexibility index (Phi) is 6.62. The Bertz CT molecular complexity index is 655. The van der Waals surface area contributed by atoms with Crippen LogP contribution in [0, 0.1) is 5.92 Å². The van der Waals surface area contributed by atoms with Crippen LogP contribution in [0.5, 0.6) is 0 Å². The van der Waals surface area contributed by atoms with Gasteiger partial charge in [-0.25, -0.2) is 0 Å². The number of carbonyl (C=O) groups excluding carboxylic acids is 1. The van der Waals surface area contributed by atoms with Gasteiger partial charge in [0.05, 0.1) is 17.7 Å². The Morgan fingerprint density at radius 2 is 1.64 bits per heavy atom. The van der Waals surface area contributed by atoms with Crippen LogP contribution in [0.4, 0.5) is 0 Å². The Balaban J connectivity index is 1.65. The van der Waals surface area contributed by atoms with Gasteiger partial charge in [-0.3, -0.25) is 9.69 Å². The molecule has 0 bridgehead atoms. The maximum absolute atomic E-state index is 13.1. The standard InChI is InChI=1S/C22H36N2O4/c1-21(2,16-6-10-26-11-7-16)19-14-18(28-23-19)15-20(25)22(3,4)24(5)17-8-12-27-13-9-17/h14,16-17H,6-13,15H2,1-5H3. The van der Waals surface area contributed by atoms with Crippen LogP contribution in [0.15, 0.2) is 10.6 Å². The second kappa shape index (κ2) is 8.64. The lowest BCUT2D eigenvalue weighted by Gasteiger charge is -2.41. The van der Waals surface area contributed by atoms with Gasteiger partial charge >= 0.3 is 0 Å². The van der Waals surface area contributed by atoms with Crippen LogP contribution in [-0.4, -0.2) is 60.9 Å². The number of carbonyl (C=O) groups is 1. The second-order valence-corrected chi connectivity index (χ2v) is 9.40. The van der Waals surface area contributed by atoms with Crippen molar-refractivity contribution in [3.05, 3.63) is 17.5 Å². The van der Waals surface area contributed by atoms with E-state index in [1.165, 1.54) is 0 Å². The first-order chi connectivity index (χ1) is 13.2. The molecule has 1 aromatic rings. The van der Waals surface area contributed by atoms with Crippen molar-refractivity contribution >= 4 is 5.78 Å². The topological polar surface area (TPSA) is 64.8 Å². The molecule has 6 heteroatoms. The molecule has 2 saturated heterocycles. The van der Waals surface area contributed by atoms with Crippen LogP contribution in [0.3, 0.4) is 0 Å². The Hall–Kier alpha value is -1.24. The summed E-state index contributed by atoms with van der Waals surface area (Å²) in [5.74, 6) is 1.34. The molecule has 0 aliphatic carbocycles. The van der Waals surface area contributed by atoms with Crippen molar-refractivity contribution in [2.24, 2.45) is 5.92 Å². The molecule has 0 spiro atoms. The Morgan fingerprint density at radius 1 is 1.07 bits per heavy atom. The molecule has 0 aromatic carbocycles. The lowest BCUT2D eigenvalue weighted by molar-refractivity contribution is -0.130. The van der Waals surface area contributed by atoms with Crippen LogP contribution in [0.25, 0.3) is 0 Å². The molecule has 0 atom stereocenters. The van der Waals surface area contributed by atoms with E-state index in [0.717, 1.165) is 57.8 Å². The van der Waals surface area contributed by atoms with E-state index in [1.54, 1.807) is 0 Å².